The number of carbonyl (C=O) groups excluding carboxylic acids is 2. The molecule has 0 radical (unpaired) electrons. The number of aromatic nitrogens is 3. The van der Waals surface area contributed by atoms with Crippen molar-refractivity contribution in [1.29, 1.82) is 0 Å². The Morgan fingerprint density at radius 1 is 1.11 bits per heavy atom. The van der Waals surface area contributed by atoms with Crippen LogP contribution in [0.4, 0.5) is 13.6 Å². The molecule has 2 aromatic rings. The zero-order valence-corrected chi connectivity index (χ0v) is 23.1. The van der Waals surface area contributed by atoms with Crippen LogP contribution in [0, 0.1) is 17.8 Å². The van der Waals surface area contributed by atoms with E-state index in [2.05, 4.69) is 15.7 Å². The molecule has 8 nitrogen and oxygen atoms in total. The van der Waals surface area contributed by atoms with Crippen molar-refractivity contribution in [2.45, 2.75) is 110 Å². The van der Waals surface area contributed by atoms with Crippen LogP contribution in [-0.2, 0) is 9.53 Å². The summed E-state index contributed by atoms with van der Waals surface area (Å²) in [5.74, 6) is -2.24. The van der Waals surface area contributed by atoms with Gasteiger partial charge in [0.15, 0.2) is 5.65 Å². The van der Waals surface area contributed by atoms with Gasteiger partial charge in [-0.05, 0) is 75.8 Å². The van der Waals surface area contributed by atoms with Crippen molar-refractivity contribution in [2.75, 3.05) is 0 Å². The number of imidazole rings is 1. The zero-order chi connectivity index (χ0) is 27.7. The molecule has 38 heavy (non-hydrogen) atoms. The van der Waals surface area contributed by atoms with Gasteiger partial charge in [-0.3, -0.25) is 4.79 Å². The van der Waals surface area contributed by atoms with E-state index in [-0.39, 0.29) is 49.5 Å². The Balaban J connectivity index is 1.60. The van der Waals surface area contributed by atoms with Crippen LogP contribution in [0.25, 0.3) is 5.65 Å². The molecule has 0 bridgehead atoms. The van der Waals surface area contributed by atoms with Crippen LogP contribution in [0.15, 0.2) is 18.5 Å². The minimum Gasteiger partial charge on any atom is -0.444 e. The molecular formula is C28H41F2N5O3. The van der Waals surface area contributed by atoms with Gasteiger partial charge >= 0.3 is 6.09 Å². The average Bonchev–Trinajstić information content (AvgIpc) is 3.17. The van der Waals surface area contributed by atoms with Gasteiger partial charge in [0.2, 0.25) is 11.8 Å². The molecule has 4 rings (SSSR count). The summed E-state index contributed by atoms with van der Waals surface area (Å²) in [5.41, 5.74) is 1.34. The smallest absolute Gasteiger partial charge is 0.408 e. The second kappa shape index (κ2) is 11.1. The number of alkyl halides is 2. The minimum atomic E-state index is -2.68. The molecule has 2 atom stereocenters. The first-order valence-corrected chi connectivity index (χ1v) is 13.8. The lowest BCUT2D eigenvalue weighted by Gasteiger charge is -2.34. The molecule has 2 fully saturated rings. The van der Waals surface area contributed by atoms with Crippen LogP contribution in [0.5, 0.6) is 0 Å². The van der Waals surface area contributed by atoms with Gasteiger partial charge in [-0.25, -0.2) is 23.1 Å². The standard InChI is InChI=1S/C28H41F2N5O3/c1-17(2)13-23(36)33-24(18-7-6-8-18)20-14-22-32-21(16-35(22)31-15-20)25(34-26(37)38-27(3,4)5)19-9-11-28(29,30)12-10-19/h14-19,24-25H,6-13H2,1-5H3,(H,33,36)(H,34,37)/t24-,25+/m1/s1. The number of nitrogens with one attached hydrogen (secondary N) is 2. The van der Waals surface area contributed by atoms with Gasteiger partial charge in [-0.2, -0.15) is 5.10 Å². The minimum absolute atomic E-state index is 0.0246. The predicted molar refractivity (Wildman–Crippen MR) is 140 cm³/mol. The van der Waals surface area contributed by atoms with Crippen molar-refractivity contribution in [1.82, 2.24) is 25.2 Å². The fraction of sp³-hybridized carbons (Fsp3) is 0.714. The number of hydrogen-bond donors (Lipinski definition) is 2. The first-order chi connectivity index (χ1) is 17.8. The van der Waals surface area contributed by atoms with E-state index in [0.717, 1.165) is 24.8 Å². The van der Waals surface area contributed by atoms with E-state index in [1.54, 1.807) is 37.7 Å². The SMILES string of the molecule is CC(C)CC(=O)N[C@@H](c1cnn2cc([C@@H](NC(=O)OC(C)(C)C)C3CCC(F)(F)CC3)nc2c1)C1CCC1. The van der Waals surface area contributed by atoms with Crippen molar-refractivity contribution >= 4 is 17.6 Å². The Morgan fingerprint density at radius 3 is 2.34 bits per heavy atom. The predicted octanol–water partition coefficient (Wildman–Crippen LogP) is 6.12. The molecular weight excluding hydrogens is 492 g/mol. The molecule has 2 amide bonds. The fourth-order valence-corrected chi connectivity index (χ4v) is 5.34. The van der Waals surface area contributed by atoms with E-state index in [9.17, 15) is 18.4 Å². The third kappa shape index (κ3) is 7.20. The summed E-state index contributed by atoms with van der Waals surface area (Å²) in [6, 6.07) is 1.21. The average molecular weight is 534 g/mol. The van der Waals surface area contributed by atoms with E-state index in [0.29, 0.717) is 23.7 Å². The summed E-state index contributed by atoms with van der Waals surface area (Å²) in [5, 5.41) is 10.7. The van der Waals surface area contributed by atoms with Gasteiger partial charge in [0.25, 0.3) is 0 Å². The van der Waals surface area contributed by atoms with Crippen molar-refractivity contribution < 1.29 is 23.1 Å². The maximum absolute atomic E-state index is 13.9. The van der Waals surface area contributed by atoms with E-state index in [4.69, 9.17) is 9.72 Å². The number of halogens is 2. The number of rotatable bonds is 8. The third-order valence-electron chi connectivity index (χ3n) is 7.47. The van der Waals surface area contributed by atoms with Crippen LogP contribution in [0.1, 0.15) is 109 Å². The molecule has 0 aliphatic heterocycles. The normalized spacial score (nSPS) is 20.1. The Bertz CT molecular complexity index is 1130. The highest BCUT2D eigenvalue weighted by atomic mass is 19.3. The Kier molecular flexibility index (Phi) is 8.28. The Hall–Kier alpha value is -2.78. The fourth-order valence-electron chi connectivity index (χ4n) is 5.34. The van der Waals surface area contributed by atoms with Crippen LogP contribution < -0.4 is 10.6 Å². The van der Waals surface area contributed by atoms with Gasteiger partial charge in [0.1, 0.15) is 5.60 Å². The molecule has 210 valence electrons. The molecule has 2 aliphatic rings. The second-order valence-electron chi connectivity index (χ2n) is 12.4. The molecule has 2 aromatic heterocycles. The van der Waals surface area contributed by atoms with Crippen LogP contribution in [0.2, 0.25) is 0 Å². The van der Waals surface area contributed by atoms with Crippen molar-refractivity contribution in [3.8, 4) is 0 Å². The summed E-state index contributed by atoms with van der Waals surface area (Å²) < 4.78 is 34.9. The number of nitrogens with zero attached hydrogens (tertiary/aromatic N) is 3. The highest BCUT2D eigenvalue weighted by Crippen LogP contribution is 2.42. The van der Waals surface area contributed by atoms with E-state index >= 15 is 0 Å². The number of fused-ring (bicyclic) bond motifs is 1. The van der Waals surface area contributed by atoms with E-state index in [1.165, 1.54) is 0 Å². The lowest BCUT2D eigenvalue weighted by molar-refractivity contribution is -0.123. The van der Waals surface area contributed by atoms with Crippen molar-refractivity contribution in [3.05, 3.63) is 29.7 Å². The summed E-state index contributed by atoms with van der Waals surface area (Å²) >= 11 is 0. The molecule has 0 aromatic carbocycles. The van der Waals surface area contributed by atoms with Gasteiger partial charge in [0, 0.05) is 19.3 Å². The zero-order valence-electron chi connectivity index (χ0n) is 23.1. The third-order valence-corrected chi connectivity index (χ3v) is 7.47. The molecule has 2 aliphatic carbocycles. The highest BCUT2D eigenvalue weighted by molar-refractivity contribution is 5.76. The first kappa shape index (κ1) is 28.2. The van der Waals surface area contributed by atoms with Gasteiger partial charge < -0.3 is 15.4 Å². The largest absolute Gasteiger partial charge is 0.444 e. The molecule has 0 spiro atoms. The molecule has 0 saturated heterocycles. The number of amides is 2. The number of ether oxygens (including phenoxy) is 1. The molecule has 2 heterocycles. The lowest BCUT2D eigenvalue weighted by atomic mass is 9.77. The maximum atomic E-state index is 13.9. The van der Waals surface area contributed by atoms with Crippen LogP contribution in [-0.4, -0.2) is 38.1 Å². The van der Waals surface area contributed by atoms with Crippen molar-refractivity contribution in [2.24, 2.45) is 17.8 Å². The van der Waals surface area contributed by atoms with Crippen molar-refractivity contribution in [3.63, 3.8) is 0 Å². The van der Waals surface area contributed by atoms with Crippen LogP contribution >= 0.6 is 0 Å². The summed E-state index contributed by atoms with van der Waals surface area (Å²) in [4.78, 5) is 30.1. The van der Waals surface area contributed by atoms with E-state index < -0.39 is 23.7 Å². The number of hydrogen-bond acceptors (Lipinski definition) is 5. The summed E-state index contributed by atoms with van der Waals surface area (Å²) in [7, 11) is 0. The second-order valence-corrected chi connectivity index (χ2v) is 12.4. The Labute approximate surface area is 223 Å². The number of carbonyl (C=O) groups is 2. The topological polar surface area (TPSA) is 97.6 Å². The first-order valence-electron chi connectivity index (χ1n) is 13.8. The molecule has 0 unspecified atom stereocenters. The van der Waals surface area contributed by atoms with E-state index in [1.807, 2.05) is 19.9 Å². The number of alkyl carbamates (subject to hydrolysis) is 1. The molecule has 2 saturated carbocycles. The lowest BCUT2D eigenvalue weighted by Crippen LogP contribution is -2.40. The highest BCUT2D eigenvalue weighted by Gasteiger charge is 2.40. The van der Waals surface area contributed by atoms with Gasteiger partial charge in [-0.15, -0.1) is 0 Å². The Morgan fingerprint density at radius 2 is 1.76 bits per heavy atom. The van der Waals surface area contributed by atoms with Gasteiger partial charge in [0.05, 0.1) is 30.2 Å². The monoisotopic (exact) mass is 533 g/mol. The summed E-state index contributed by atoms with van der Waals surface area (Å²) in [6.07, 6.45) is 6.68. The van der Waals surface area contributed by atoms with Gasteiger partial charge in [-0.1, -0.05) is 20.3 Å². The maximum Gasteiger partial charge on any atom is 0.408 e. The quantitative estimate of drug-likeness (QED) is 0.426. The molecule has 2 N–H and O–H groups in total. The molecule has 10 heteroatoms. The summed E-state index contributed by atoms with van der Waals surface area (Å²) in [6.45, 7) is 9.37. The van der Waals surface area contributed by atoms with Crippen LogP contribution in [0.3, 0.4) is 0 Å².